The topological polar surface area (TPSA) is 64.4 Å². The number of nitrogens with zero attached hydrogens (tertiary/aromatic N) is 3. The molecule has 0 saturated carbocycles. The average Bonchev–Trinajstić information content (AvgIpc) is 2.97. The third-order valence-electron chi connectivity index (χ3n) is 3.71. The molecule has 0 aliphatic rings. The highest BCUT2D eigenvalue weighted by Crippen LogP contribution is 2.27. The van der Waals surface area contributed by atoms with Crippen LogP contribution in [0.5, 0.6) is 11.5 Å². The van der Waals surface area contributed by atoms with Crippen LogP contribution < -0.4 is 9.47 Å². The van der Waals surface area contributed by atoms with Crippen LogP contribution in [0.15, 0.2) is 23.3 Å². The highest BCUT2D eigenvalue weighted by Gasteiger charge is 2.06. The Balaban J connectivity index is 2.12. The van der Waals surface area contributed by atoms with Crippen molar-refractivity contribution in [3.8, 4) is 11.5 Å². The van der Waals surface area contributed by atoms with E-state index < -0.39 is 0 Å². The summed E-state index contributed by atoms with van der Waals surface area (Å²) < 4.78 is 13.4. The number of aryl methyl sites for hydroxylation is 1. The van der Waals surface area contributed by atoms with Crippen LogP contribution in [-0.4, -0.2) is 34.8 Å². The van der Waals surface area contributed by atoms with Crippen LogP contribution in [0, 0.1) is 4.77 Å². The van der Waals surface area contributed by atoms with Crippen molar-refractivity contribution >= 4 is 18.4 Å². The molecule has 0 aliphatic carbocycles. The molecule has 0 fully saturated rings. The normalized spacial score (nSPS) is 11.2. The number of hydrogen-bond donors (Lipinski definition) is 1. The van der Waals surface area contributed by atoms with E-state index in [1.807, 2.05) is 18.2 Å². The average molecular weight is 362 g/mol. The fourth-order valence-corrected chi connectivity index (χ4v) is 2.57. The predicted octanol–water partition coefficient (Wildman–Crippen LogP) is 4.35. The molecule has 0 radical (unpaired) electrons. The van der Waals surface area contributed by atoms with Crippen LogP contribution in [0.4, 0.5) is 0 Å². The lowest BCUT2D eigenvalue weighted by molar-refractivity contribution is 0.286. The molecule has 7 heteroatoms. The van der Waals surface area contributed by atoms with E-state index in [9.17, 15) is 0 Å². The summed E-state index contributed by atoms with van der Waals surface area (Å²) in [6.07, 6.45) is 6.92. The molecule has 0 bridgehead atoms. The summed E-state index contributed by atoms with van der Waals surface area (Å²) in [7, 11) is 1.64. The summed E-state index contributed by atoms with van der Waals surface area (Å²) >= 11 is 5.23. The van der Waals surface area contributed by atoms with E-state index in [1.165, 1.54) is 12.8 Å². The van der Waals surface area contributed by atoms with Gasteiger partial charge in [-0.1, -0.05) is 26.7 Å². The zero-order valence-corrected chi connectivity index (χ0v) is 15.9. The molecule has 6 nitrogen and oxygen atoms in total. The molecular weight excluding hydrogens is 336 g/mol. The molecule has 0 saturated heterocycles. The molecule has 1 heterocycles. The van der Waals surface area contributed by atoms with E-state index in [4.69, 9.17) is 21.7 Å². The quantitative estimate of drug-likeness (QED) is 0.388. The van der Waals surface area contributed by atoms with E-state index in [-0.39, 0.29) is 0 Å². The minimum Gasteiger partial charge on any atom is -0.493 e. The van der Waals surface area contributed by atoms with Gasteiger partial charge in [-0.05, 0) is 48.8 Å². The Morgan fingerprint density at radius 1 is 1.24 bits per heavy atom. The number of unbranched alkanes of at least 4 members (excludes halogenated alkanes) is 2. The Morgan fingerprint density at radius 2 is 2.08 bits per heavy atom. The number of methoxy groups -OCH3 is 1. The first kappa shape index (κ1) is 19.2. The Hall–Kier alpha value is -2.15. The molecule has 0 aliphatic heterocycles. The second kappa shape index (κ2) is 9.98. The van der Waals surface area contributed by atoms with Gasteiger partial charge in [0.25, 0.3) is 0 Å². The van der Waals surface area contributed by atoms with Gasteiger partial charge in [0.1, 0.15) is 0 Å². The third-order valence-corrected chi connectivity index (χ3v) is 3.97. The maximum Gasteiger partial charge on any atom is 0.216 e. The largest absolute Gasteiger partial charge is 0.493 e. The lowest BCUT2D eigenvalue weighted by Gasteiger charge is -2.11. The number of aromatic nitrogens is 3. The molecule has 0 spiro atoms. The number of ether oxygens (including phenoxy) is 2. The van der Waals surface area contributed by atoms with E-state index in [0.29, 0.717) is 17.1 Å². The van der Waals surface area contributed by atoms with Crippen molar-refractivity contribution in [1.82, 2.24) is 14.9 Å². The Bertz CT molecular complexity index is 752. The Morgan fingerprint density at radius 3 is 2.80 bits per heavy atom. The minimum atomic E-state index is 0.488. The van der Waals surface area contributed by atoms with Gasteiger partial charge >= 0.3 is 0 Å². The van der Waals surface area contributed by atoms with Gasteiger partial charge in [0.05, 0.1) is 19.9 Å². The molecule has 136 valence electrons. The van der Waals surface area contributed by atoms with Gasteiger partial charge in [-0.25, -0.2) is 0 Å². The van der Waals surface area contributed by atoms with E-state index in [2.05, 4.69) is 29.1 Å². The summed E-state index contributed by atoms with van der Waals surface area (Å²) in [6, 6.07) is 5.76. The molecule has 1 aromatic heterocycles. The number of benzene rings is 1. The van der Waals surface area contributed by atoms with Gasteiger partial charge < -0.3 is 9.47 Å². The van der Waals surface area contributed by atoms with Gasteiger partial charge in [-0.3, -0.25) is 5.10 Å². The molecule has 0 amide bonds. The summed E-state index contributed by atoms with van der Waals surface area (Å²) in [5, 5.41) is 11.4. The highest BCUT2D eigenvalue weighted by atomic mass is 32.1. The van der Waals surface area contributed by atoms with Crippen molar-refractivity contribution in [2.45, 2.75) is 46.0 Å². The maximum absolute atomic E-state index is 5.80. The molecule has 2 rings (SSSR count). The predicted molar refractivity (Wildman–Crippen MR) is 102 cm³/mol. The van der Waals surface area contributed by atoms with Crippen molar-refractivity contribution in [3.63, 3.8) is 0 Å². The second-order valence-corrected chi connectivity index (χ2v) is 6.10. The van der Waals surface area contributed by atoms with Crippen molar-refractivity contribution in [3.05, 3.63) is 34.4 Å². The lowest BCUT2D eigenvalue weighted by Crippen LogP contribution is -2.01. The zero-order valence-electron chi connectivity index (χ0n) is 15.1. The zero-order chi connectivity index (χ0) is 18.1. The SMILES string of the molecule is CCCCCOc1ccc(/C=N\n2c(CCC)n[nH]c2=S)cc1OC. The number of rotatable bonds is 10. The molecule has 1 N–H and O–H groups in total. The summed E-state index contributed by atoms with van der Waals surface area (Å²) in [6.45, 7) is 4.96. The van der Waals surface area contributed by atoms with Gasteiger partial charge in [-0.15, -0.1) is 0 Å². The van der Waals surface area contributed by atoms with E-state index in [0.717, 1.165) is 36.4 Å². The molecule has 25 heavy (non-hydrogen) atoms. The van der Waals surface area contributed by atoms with Gasteiger partial charge in [0, 0.05) is 6.42 Å². The van der Waals surface area contributed by atoms with Crippen LogP contribution in [0.1, 0.15) is 50.9 Å². The Kier molecular flexibility index (Phi) is 7.66. The van der Waals surface area contributed by atoms with Crippen LogP contribution in [0.25, 0.3) is 0 Å². The molecule has 2 aromatic rings. The van der Waals surface area contributed by atoms with Gasteiger partial charge in [0.15, 0.2) is 17.3 Å². The first-order valence-corrected chi connectivity index (χ1v) is 9.11. The number of nitrogens with one attached hydrogen (secondary N) is 1. The highest BCUT2D eigenvalue weighted by molar-refractivity contribution is 7.71. The van der Waals surface area contributed by atoms with E-state index >= 15 is 0 Å². The van der Waals surface area contributed by atoms with Crippen LogP contribution in [0.2, 0.25) is 0 Å². The van der Waals surface area contributed by atoms with Crippen LogP contribution in [0.3, 0.4) is 0 Å². The number of aromatic amines is 1. The summed E-state index contributed by atoms with van der Waals surface area (Å²) in [5.41, 5.74) is 0.906. The van der Waals surface area contributed by atoms with Crippen molar-refractivity contribution in [2.24, 2.45) is 5.10 Å². The third kappa shape index (κ3) is 5.42. The van der Waals surface area contributed by atoms with Crippen molar-refractivity contribution in [1.29, 1.82) is 0 Å². The van der Waals surface area contributed by atoms with Gasteiger partial charge in [-0.2, -0.15) is 14.9 Å². The Labute approximate surface area is 153 Å². The molecule has 1 aromatic carbocycles. The van der Waals surface area contributed by atoms with Crippen molar-refractivity contribution < 1.29 is 9.47 Å². The fraction of sp³-hybridized carbons (Fsp3) is 0.500. The lowest BCUT2D eigenvalue weighted by atomic mass is 10.2. The first-order chi connectivity index (χ1) is 12.2. The first-order valence-electron chi connectivity index (χ1n) is 8.71. The monoisotopic (exact) mass is 362 g/mol. The molecular formula is C18H26N4O2S. The smallest absolute Gasteiger partial charge is 0.216 e. The van der Waals surface area contributed by atoms with E-state index in [1.54, 1.807) is 18.0 Å². The number of hydrogen-bond acceptors (Lipinski definition) is 5. The fourth-order valence-electron chi connectivity index (χ4n) is 2.37. The summed E-state index contributed by atoms with van der Waals surface area (Å²) in [4.78, 5) is 0. The van der Waals surface area contributed by atoms with Crippen LogP contribution in [-0.2, 0) is 6.42 Å². The van der Waals surface area contributed by atoms with Crippen LogP contribution >= 0.6 is 12.2 Å². The standard InChI is InChI=1S/C18H26N4O2S/c1-4-6-7-11-24-15-10-9-14(12-16(15)23-3)13-19-22-17(8-5-2)20-21-18(22)25/h9-10,12-13H,4-8,11H2,1-3H3,(H,21,25)/b19-13-. The second-order valence-electron chi connectivity index (χ2n) is 5.72. The molecule has 0 atom stereocenters. The number of H-pyrrole nitrogens is 1. The maximum atomic E-state index is 5.80. The summed E-state index contributed by atoms with van der Waals surface area (Å²) in [5.74, 6) is 2.28. The van der Waals surface area contributed by atoms with Crippen molar-refractivity contribution in [2.75, 3.05) is 13.7 Å². The minimum absolute atomic E-state index is 0.488. The van der Waals surface area contributed by atoms with Gasteiger partial charge in [0.2, 0.25) is 4.77 Å². The molecule has 0 unspecified atom stereocenters.